The minimum absolute atomic E-state index is 0.991. The standard InChI is InChI=1S/C17H17N3/c1-20(2)15-9-4-8-14(12-15)19-16-10-3-6-13-7-5-11-18-17(13)16/h3-12,19H,1-2H3. The molecule has 1 N–H and O–H groups in total. The Labute approximate surface area is 118 Å². The second-order valence-corrected chi connectivity index (χ2v) is 4.95. The number of para-hydroxylation sites is 1. The molecule has 3 nitrogen and oxygen atoms in total. The maximum Gasteiger partial charge on any atom is 0.0936 e. The second-order valence-electron chi connectivity index (χ2n) is 4.95. The van der Waals surface area contributed by atoms with E-state index < -0.39 is 0 Å². The van der Waals surface area contributed by atoms with E-state index in [0.717, 1.165) is 22.3 Å². The molecule has 0 aliphatic carbocycles. The molecule has 3 heteroatoms. The number of benzene rings is 2. The lowest BCUT2D eigenvalue weighted by Gasteiger charge is -2.15. The molecule has 0 saturated heterocycles. The molecule has 100 valence electrons. The van der Waals surface area contributed by atoms with Crippen molar-refractivity contribution in [2.24, 2.45) is 0 Å². The molecule has 3 aromatic rings. The molecule has 0 saturated carbocycles. The van der Waals surface area contributed by atoms with Crippen LogP contribution in [0.1, 0.15) is 0 Å². The van der Waals surface area contributed by atoms with Crippen LogP contribution >= 0.6 is 0 Å². The van der Waals surface area contributed by atoms with Crippen molar-refractivity contribution in [3.8, 4) is 0 Å². The molecule has 0 aliphatic rings. The number of aromatic nitrogens is 1. The lowest BCUT2D eigenvalue weighted by molar-refractivity contribution is 1.13. The van der Waals surface area contributed by atoms with Gasteiger partial charge in [-0.2, -0.15) is 0 Å². The van der Waals surface area contributed by atoms with Crippen molar-refractivity contribution in [3.05, 3.63) is 60.8 Å². The highest BCUT2D eigenvalue weighted by Gasteiger charge is 2.03. The van der Waals surface area contributed by atoms with Crippen LogP contribution in [0.15, 0.2) is 60.8 Å². The molecular weight excluding hydrogens is 246 g/mol. The van der Waals surface area contributed by atoms with E-state index in [0.29, 0.717) is 0 Å². The molecule has 0 radical (unpaired) electrons. The van der Waals surface area contributed by atoms with Gasteiger partial charge in [0.25, 0.3) is 0 Å². The maximum atomic E-state index is 4.46. The van der Waals surface area contributed by atoms with Crippen molar-refractivity contribution < 1.29 is 0 Å². The summed E-state index contributed by atoms with van der Waals surface area (Å²) >= 11 is 0. The van der Waals surface area contributed by atoms with E-state index in [2.05, 4.69) is 57.7 Å². The Bertz CT molecular complexity index is 730. The third kappa shape index (κ3) is 2.43. The minimum atomic E-state index is 0.991. The summed E-state index contributed by atoms with van der Waals surface area (Å²) in [5.74, 6) is 0. The molecule has 0 spiro atoms. The van der Waals surface area contributed by atoms with Gasteiger partial charge in [0.15, 0.2) is 0 Å². The highest BCUT2D eigenvalue weighted by atomic mass is 15.1. The van der Waals surface area contributed by atoms with Crippen LogP contribution in [0.5, 0.6) is 0 Å². The summed E-state index contributed by atoms with van der Waals surface area (Å²) in [6, 6.07) is 18.5. The van der Waals surface area contributed by atoms with Crippen LogP contribution in [0.2, 0.25) is 0 Å². The lowest BCUT2D eigenvalue weighted by Crippen LogP contribution is -2.08. The third-order valence-electron chi connectivity index (χ3n) is 3.27. The lowest BCUT2D eigenvalue weighted by atomic mass is 10.2. The summed E-state index contributed by atoms with van der Waals surface area (Å²) in [5, 5.41) is 4.59. The second kappa shape index (κ2) is 5.21. The monoisotopic (exact) mass is 263 g/mol. The highest BCUT2D eigenvalue weighted by Crippen LogP contribution is 2.26. The molecule has 0 atom stereocenters. The van der Waals surface area contributed by atoms with Crippen molar-refractivity contribution in [2.75, 3.05) is 24.3 Å². The fourth-order valence-corrected chi connectivity index (χ4v) is 2.22. The largest absolute Gasteiger partial charge is 0.378 e. The Morgan fingerprint density at radius 1 is 0.950 bits per heavy atom. The smallest absolute Gasteiger partial charge is 0.0936 e. The quantitative estimate of drug-likeness (QED) is 0.773. The van der Waals surface area contributed by atoms with Crippen molar-refractivity contribution in [1.82, 2.24) is 4.98 Å². The Hall–Kier alpha value is -2.55. The van der Waals surface area contributed by atoms with Gasteiger partial charge < -0.3 is 10.2 Å². The van der Waals surface area contributed by atoms with Gasteiger partial charge in [0.1, 0.15) is 0 Å². The first-order chi connectivity index (χ1) is 9.74. The summed E-state index contributed by atoms with van der Waals surface area (Å²) < 4.78 is 0. The number of hydrogen-bond acceptors (Lipinski definition) is 3. The first kappa shape index (κ1) is 12.5. The van der Waals surface area contributed by atoms with Crippen LogP contribution in [-0.4, -0.2) is 19.1 Å². The van der Waals surface area contributed by atoms with E-state index >= 15 is 0 Å². The molecule has 0 bridgehead atoms. The zero-order valence-electron chi connectivity index (χ0n) is 11.7. The zero-order chi connectivity index (χ0) is 13.9. The van der Waals surface area contributed by atoms with Gasteiger partial charge in [-0.3, -0.25) is 4.98 Å². The molecule has 0 unspecified atom stereocenters. The summed E-state index contributed by atoms with van der Waals surface area (Å²) in [5.41, 5.74) is 4.25. The molecule has 0 fully saturated rings. The third-order valence-corrected chi connectivity index (χ3v) is 3.27. The van der Waals surface area contributed by atoms with E-state index in [1.165, 1.54) is 5.69 Å². The number of rotatable bonds is 3. The normalized spacial score (nSPS) is 10.5. The molecule has 3 rings (SSSR count). The van der Waals surface area contributed by atoms with E-state index in [1.807, 2.05) is 32.4 Å². The van der Waals surface area contributed by atoms with Gasteiger partial charge in [0, 0.05) is 37.1 Å². The van der Waals surface area contributed by atoms with Crippen molar-refractivity contribution in [3.63, 3.8) is 0 Å². The van der Waals surface area contributed by atoms with Crippen molar-refractivity contribution >= 4 is 28.0 Å². The molecular formula is C17H17N3. The topological polar surface area (TPSA) is 28.2 Å². The molecule has 20 heavy (non-hydrogen) atoms. The van der Waals surface area contributed by atoms with Crippen LogP contribution in [0, 0.1) is 0 Å². The van der Waals surface area contributed by atoms with Gasteiger partial charge in [-0.25, -0.2) is 0 Å². The fourth-order valence-electron chi connectivity index (χ4n) is 2.22. The van der Waals surface area contributed by atoms with Gasteiger partial charge in [0.05, 0.1) is 11.2 Å². The SMILES string of the molecule is CN(C)c1cccc(Nc2cccc3cccnc23)c1. The summed E-state index contributed by atoms with van der Waals surface area (Å²) in [6.07, 6.45) is 1.82. The van der Waals surface area contributed by atoms with Gasteiger partial charge >= 0.3 is 0 Å². The molecule has 1 aromatic heterocycles. The van der Waals surface area contributed by atoms with Crippen LogP contribution in [0.4, 0.5) is 17.1 Å². The number of hydrogen-bond donors (Lipinski definition) is 1. The summed E-state index contributed by atoms with van der Waals surface area (Å²) in [7, 11) is 4.08. The zero-order valence-corrected chi connectivity index (χ0v) is 11.7. The maximum absolute atomic E-state index is 4.46. The fraction of sp³-hybridized carbons (Fsp3) is 0.118. The van der Waals surface area contributed by atoms with E-state index in [4.69, 9.17) is 0 Å². The number of nitrogens with zero attached hydrogens (tertiary/aromatic N) is 2. The van der Waals surface area contributed by atoms with Gasteiger partial charge in [-0.15, -0.1) is 0 Å². The first-order valence-corrected chi connectivity index (χ1v) is 6.62. The van der Waals surface area contributed by atoms with Crippen molar-refractivity contribution in [2.45, 2.75) is 0 Å². The van der Waals surface area contributed by atoms with Crippen LogP contribution in [-0.2, 0) is 0 Å². The average molecular weight is 263 g/mol. The predicted molar refractivity (Wildman–Crippen MR) is 85.8 cm³/mol. The molecule has 0 amide bonds. The molecule has 1 heterocycles. The number of nitrogens with one attached hydrogen (secondary N) is 1. The minimum Gasteiger partial charge on any atom is -0.378 e. The van der Waals surface area contributed by atoms with Crippen LogP contribution in [0.3, 0.4) is 0 Å². The van der Waals surface area contributed by atoms with Crippen LogP contribution < -0.4 is 10.2 Å². The Morgan fingerprint density at radius 2 is 1.75 bits per heavy atom. The summed E-state index contributed by atoms with van der Waals surface area (Å²) in [6.45, 7) is 0. The average Bonchev–Trinajstić information content (AvgIpc) is 2.48. The van der Waals surface area contributed by atoms with E-state index in [-0.39, 0.29) is 0 Å². The highest BCUT2D eigenvalue weighted by molar-refractivity contribution is 5.92. The Balaban J connectivity index is 1.99. The molecule has 2 aromatic carbocycles. The van der Waals surface area contributed by atoms with Crippen molar-refractivity contribution in [1.29, 1.82) is 0 Å². The predicted octanol–water partition coefficient (Wildman–Crippen LogP) is 4.04. The number of anilines is 3. The molecule has 0 aliphatic heterocycles. The number of pyridine rings is 1. The van der Waals surface area contributed by atoms with Gasteiger partial charge in [-0.05, 0) is 30.3 Å². The Morgan fingerprint density at radius 3 is 2.60 bits per heavy atom. The van der Waals surface area contributed by atoms with Crippen LogP contribution in [0.25, 0.3) is 10.9 Å². The van der Waals surface area contributed by atoms with Gasteiger partial charge in [-0.1, -0.05) is 24.3 Å². The Kier molecular flexibility index (Phi) is 3.25. The summed E-state index contributed by atoms with van der Waals surface area (Å²) in [4.78, 5) is 6.55. The van der Waals surface area contributed by atoms with E-state index in [1.54, 1.807) is 0 Å². The van der Waals surface area contributed by atoms with Gasteiger partial charge in [0.2, 0.25) is 0 Å². The number of fused-ring (bicyclic) bond motifs is 1. The van der Waals surface area contributed by atoms with E-state index in [9.17, 15) is 0 Å². The first-order valence-electron chi connectivity index (χ1n) is 6.62.